The summed E-state index contributed by atoms with van der Waals surface area (Å²) in [5.41, 5.74) is 3.14. The number of piperazine rings is 1. The van der Waals surface area contributed by atoms with Gasteiger partial charge in [-0.15, -0.1) is 22.7 Å². The highest BCUT2D eigenvalue weighted by Gasteiger charge is 2.22. The molecular formula is C23H28N4OS2. The molecule has 0 spiro atoms. The van der Waals surface area contributed by atoms with Gasteiger partial charge >= 0.3 is 0 Å². The van der Waals surface area contributed by atoms with Gasteiger partial charge in [-0.25, -0.2) is 4.98 Å². The molecule has 0 bridgehead atoms. The number of carbonyl (C=O) groups excluding carboxylic acids is 1. The highest BCUT2D eigenvalue weighted by molar-refractivity contribution is 7.14. The Morgan fingerprint density at radius 2 is 1.77 bits per heavy atom. The predicted molar refractivity (Wildman–Crippen MR) is 126 cm³/mol. The standard InChI is InChI=1S/C23H28N4OS2/c1-3-19-7-4-5-9-22(19)27(18(2)28)23-24-20(17-30-23)15-25-10-12-26(13-11-25)16-21-8-6-14-29-21/h4-9,14,17H,3,10-13,15-16H2,1-2H3. The van der Waals surface area contributed by atoms with Crippen molar-refractivity contribution in [2.45, 2.75) is 33.4 Å². The fourth-order valence-corrected chi connectivity index (χ4v) is 5.48. The SMILES string of the molecule is CCc1ccccc1N(C(C)=O)c1nc(CN2CCN(Cc3cccs3)CC2)cs1. The van der Waals surface area contributed by atoms with Crippen LogP contribution >= 0.6 is 22.7 Å². The number of thiazole rings is 1. The number of anilines is 2. The van der Waals surface area contributed by atoms with Crippen molar-refractivity contribution in [3.8, 4) is 0 Å². The van der Waals surface area contributed by atoms with Crippen LogP contribution in [0.2, 0.25) is 0 Å². The van der Waals surface area contributed by atoms with Crippen LogP contribution in [0, 0.1) is 0 Å². The maximum atomic E-state index is 12.5. The van der Waals surface area contributed by atoms with Crippen molar-refractivity contribution >= 4 is 39.4 Å². The van der Waals surface area contributed by atoms with Crippen LogP contribution in [0.25, 0.3) is 0 Å². The molecule has 5 nitrogen and oxygen atoms in total. The molecule has 2 aromatic heterocycles. The van der Waals surface area contributed by atoms with Gasteiger partial charge in [0.05, 0.1) is 11.4 Å². The van der Waals surface area contributed by atoms with Gasteiger partial charge in [0.1, 0.15) is 0 Å². The molecule has 3 aromatic rings. The summed E-state index contributed by atoms with van der Waals surface area (Å²) in [6, 6.07) is 12.4. The van der Waals surface area contributed by atoms with Gasteiger partial charge in [0.25, 0.3) is 0 Å². The van der Waals surface area contributed by atoms with Gasteiger partial charge in [0.15, 0.2) is 5.13 Å². The molecule has 3 heterocycles. The Labute approximate surface area is 186 Å². The van der Waals surface area contributed by atoms with Gasteiger partial charge < -0.3 is 0 Å². The van der Waals surface area contributed by atoms with E-state index >= 15 is 0 Å². The zero-order valence-corrected chi connectivity index (χ0v) is 19.2. The lowest BCUT2D eigenvalue weighted by atomic mass is 10.1. The van der Waals surface area contributed by atoms with Gasteiger partial charge in [0.2, 0.25) is 5.91 Å². The summed E-state index contributed by atoms with van der Waals surface area (Å²) in [4.78, 5) is 25.5. The molecule has 30 heavy (non-hydrogen) atoms. The lowest BCUT2D eigenvalue weighted by Gasteiger charge is -2.34. The molecule has 0 radical (unpaired) electrons. The van der Waals surface area contributed by atoms with E-state index in [2.05, 4.69) is 45.7 Å². The number of rotatable bonds is 7. The molecule has 0 atom stereocenters. The van der Waals surface area contributed by atoms with Crippen molar-refractivity contribution < 1.29 is 4.79 Å². The molecule has 4 rings (SSSR count). The number of para-hydroxylation sites is 1. The highest BCUT2D eigenvalue weighted by atomic mass is 32.1. The summed E-state index contributed by atoms with van der Waals surface area (Å²) in [6.07, 6.45) is 0.883. The average molecular weight is 441 g/mol. The van der Waals surface area contributed by atoms with Crippen LogP contribution < -0.4 is 4.90 Å². The molecule has 0 unspecified atom stereocenters. The fraction of sp³-hybridized carbons (Fsp3) is 0.391. The Morgan fingerprint density at radius 1 is 1.03 bits per heavy atom. The molecule has 1 fully saturated rings. The number of amides is 1. The summed E-state index contributed by atoms with van der Waals surface area (Å²) in [5, 5.41) is 5.00. The zero-order chi connectivity index (χ0) is 20.9. The maximum absolute atomic E-state index is 12.5. The van der Waals surface area contributed by atoms with E-state index in [1.165, 1.54) is 4.88 Å². The number of nitrogens with zero attached hydrogens (tertiary/aromatic N) is 4. The Morgan fingerprint density at radius 3 is 2.43 bits per heavy atom. The molecule has 1 aliphatic rings. The molecule has 1 saturated heterocycles. The quantitative estimate of drug-likeness (QED) is 0.531. The summed E-state index contributed by atoms with van der Waals surface area (Å²) >= 11 is 3.38. The normalized spacial score (nSPS) is 15.4. The number of hydrogen-bond acceptors (Lipinski definition) is 6. The number of carbonyl (C=O) groups is 1. The van der Waals surface area contributed by atoms with E-state index in [0.29, 0.717) is 0 Å². The minimum atomic E-state index is -0.000934. The first kappa shape index (κ1) is 21.2. The van der Waals surface area contributed by atoms with Crippen molar-refractivity contribution in [1.29, 1.82) is 0 Å². The van der Waals surface area contributed by atoms with Crippen LogP contribution in [-0.2, 0) is 24.3 Å². The molecule has 0 aliphatic carbocycles. The van der Waals surface area contributed by atoms with Crippen LogP contribution in [-0.4, -0.2) is 46.9 Å². The van der Waals surface area contributed by atoms with E-state index in [-0.39, 0.29) is 5.91 Å². The number of hydrogen-bond donors (Lipinski definition) is 0. The van der Waals surface area contributed by atoms with E-state index < -0.39 is 0 Å². The molecule has 0 N–H and O–H groups in total. The molecule has 158 valence electrons. The first-order valence-electron chi connectivity index (χ1n) is 10.4. The Hall–Kier alpha value is -2.06. The average Bonchev–Trinajstić information content (AvgIpc) is 3.42. The fourth-order valence-electron chi connectivity index (χ4n) is 3.86. The van der Waals surface area contributed by atoms with Gasteiger partial charge in [-0.3, -0.25) is 19.5 Å². The first-order chi connectivity index (χ1) is 14.6. The van der Waals surface area contributed by atoms with Crippen molar-refractivity contribution in [1.82, 2.24) is 14.8 Å². The monoisotopic (exact) mass is 440 g/mol. The van der Waals surface area contributed by atoms with E-state index in [0.717, 1.165) is 67.8 Å². The van der Waals surface area contributed by atoms with E-state index in [9.17, 15) is 4.79 Å². The van der Waals surface area contributed by atoms with Gasteiger partial charge in [-0.2, -0.15) is 0 Å². The zero-order valence-electron chi connectivity index (χ0n) is 17.6. The van der Waals surface area contributed by atoms with Crippen molar-refractivity contribution in [3.63, 3.8) is 0 Å². The largest absolute Gasteiger partial charge is 0.296 e. The molecule has 1 aliphatic heterocycles. The molecular weight excluding hydrogens is 412 g/mol. The van der Waals surface area contributed by atoms with Crippen molar-refractivity contribution in [2.24, 2.45) is 0 Å². The summed E-state index contributed by atoms with van der Waals surface area (Å²) in [7, 11) is 0. The molecule has 1 aromatic carbocycles. The summed E-state index contributed by atoms with van der Waals surface area (Å²) in [6.45, 7) is 9.88. The van der Waals surface area contributed by atoms with Crippen LogP contribution in [0.4, 0.5) is 10.8 Å². The van der Waals surface area contributed by atoms with Gasteiger partial charge in [-0.1, -0.05) is 31.2 Å². The Balaban J connectivity index is 1.39. The van der Waals surface area contributed by atoms with Crippen LogP contribution in [0.5, 0.6) is 0 Å². The summed E-state index contributed by atoms with van der Waals surface area (Å²) in [5.74, 6) is -0.000934. The second-order valence-electron chi connectivity index (χ2n) is 7.59. The number of benzene rings is 1. The second-order valence-corrected chi connectivity index (χ2v) is 9.46. The van der Waals surface area contributed by atoms with E-state index in [1.807, 2.05) is 29.5 Å². The lowest BCUT2D eigenvalue weighted by molar-refractivity contribution is -0.115. The Kier molecular flexibility index (Phi) is 6.94. The van der Waals surface area contributed by atoms with Crippen molar-refractivity contribution in [2.75, 3.05) is 31.1 Å². The Bertz CT molecular complexity index is 961. The third-order valence-electron chi connectivity index (χ3n) is 5.47. The minimum Gasteiger partial charge on any atom is -0.296 e. The first-order valence-corrected chi connectivity index (χ1v) is 12.2. The maximum Gasteiger partial charge on any atom is 0.230 e. The molecule has 0 saturated carbocycles. The predicted octanol–water partition coefficient (Wildman–Crippen LogP) is 4.77. The van der Waals surface area contributed by atoms with Crippen LogP contribution in [0.3, 0.4) is 0 Å². The van der Waals surface area contributed by atoms with E-state index in [4.69, 9.17) is 4.98 Å². The number of aromatic nitrogens is 1. The van der Waals surface area contributed by atoms with Crippen molar-refractivity contribution in [3.05, 3.63) is 63.3 Å². The van der Waals surface area contributed by atoms with Crippen LogP contribution in [0.15, 0.2) is 47.2 Å². The second kappa shape index (κ2) is 9.83. The number of thiophene rings is 1. The van der Waals surface area contributed by atoms with Gasteiger partial charge in [0, 0.05) is 56.4 Å². The number of aryl methyl sites for hydroxylation is 1. The third-order valence-corrected chi connectivity index (χ3v) is 7.21. The van der Waals surface area contributed by atoms with Crippen LogP contribution in [0.1, 0.15) is 30.0 Å². The highest BCUT2D eigenvalue weighted by Crippen LogP contribution is 2.32. The third kappa shape index (κ3) is 4.98. The minimum absolute atomic E-state index is 0.000934. The lowest BCUT2D eigenvalue weighted by Crippen LogP contribution is -2.45. The van der Waals surface area contributed by atoms with Gasteiger partial charge in [-0.05, 0) is 29.5 Å². The topological polar surface area (TPSA) is 39.7 Å². The molecule has 1 amide bonds. The molecule has 7 heteroatoms. The summed E-state index contributed by atoms with van der Waals surface area (Å²) < 4.78 is 0. The van der Waals surface area contributed by atoms with E-state index in [1.54, 1.807) is 23.2 Å². The smallest absolute Gasteiger partial charge is 0.230 e.